The summed E-state index contributed by atoms with van der Waals surface area (Å²) in [4.78, 5) is 16.0. The fraction of sp³-hybridized carbons (Fsp3) is 0.346. The fourth-order valence-electron chi connectivity index (χ4n) is 4.56. The molecule has 0 spiro atoms. The van der Waals surface area contributed by atoms with Gasteiger partial charge in [-0.25, -0.2) is 0 Å². The summed E-state index contributed by atoms with van der Waals surface area (Å²) in [6.07, 6.45) is 0.920. The highest BCUT2D eigenvalue weighted by Crippen LogP contribution is 2.40. The third-order valence-electron chi connectivity index (χ3n) is 6.24. The molecule has 2 atom stereocenters. The maximum atomic E-state index is 12.8. The average molecular weight is 451 g/mol. The number of nitrogens with zero attached hydrogens (tertiary/aromatic N) is 1. The number of hydrogen-bond donors (Lipinski definition) is 1. The molecule has 0 radical (unpaired) electrons. The molecular weight excluding hydrogens is 420 g/mol. The number of fused-ring (bicyclic) bond motifs is 1. The van der Waals surface area contributed by atoms with Gasteiger partial charge in [-0.3, -0.25) is 9.69 Å². The molecular formula is C26H30N2O3S. The molecule has 0 aliphatic carbocycles. The van der Waals surface area contributed by atoms with E-state index in [1.54, 1.807) is 14.2 Å². The molecule has 2 aromatic carbocycles. The van der Waals surface area contributed by atoms with Crippen molar-refractivity contribution in [3.05, 3.63) is 81.0 Å². The minimum atomic E-state index is -0.0919. The highest BCUT2D eigenvalue weighted by molar-refractivity contribution is 7.12. The van der Waals surface area contributed by atoms with Crippen molar-refractivity contribution in [2.45, 2.75) is 38.9 Å². The minimum Gasteiger partial charge on any atom is -0.493 e. The summed E-state index contributed by atoms with van der Waals surface area (Å²) < 4.78 is 11.2. The first-order valence-corrected chi connectivity index (χ1v) is 11.8. The molecule has 168 valence electrons. The largest absolute Gasteiger partial charge is 0.493 e. The number of carbonyl (C=O) groups excluding carboxylic acids is 1. The first-order valence-electron chi connectivity index (χ1n) is 10.9. The molecule has 6 heteroatoms. The number of carbonyl (C=O) groups is 1. The van der Waals surface area contributed by atoms with Crippen molar-refractivity contribution < 1.29 is 14.3 Å². The average Bonchev–Trinajstić information content (AvgIpc) is 3.34. The van der Waals surface area contributed by atoms with Crippen LogP contribution in [-0.2, 0) is 13.0 Å². The molecule has 1 amide bonds. The molecule has 1 N–H and O–H groups in total. The lowest BCUT2D eigenvalue weighted by Crippen LogP contribution is -2.47. The molecule has 3 aromatic rings. The zero-order valence-corrected chi connectivity index (χ0v) is 19.9. The summed E-state index contributed by atoms with van der Waals surface area (Å²) in [5, 5.41) is 5.17. The Morgan fingerprint density at radius 2 is 1.91 bits per heavy atom. The monoisotopic (exact) mass is 450 g/mol. The summed E-state index contributed by atoms with van der Waals surface area (Å²) in [6.45, 7) is 5.97. The Morgan fingerprint density at radius 1 is 1.16 bits per heavy atom. The molecule has 5 nitrogen and oxygen atoms in total. The molecule has 1 aromatic heterocycles. The van der Waals surface area contributed by atoms with Gasteiger partial charge < -0.3 is 14.8 Å². The summed E-state index contributed by atoms with van der Waals surface area (Å²) >= 11 is 1.46. The Balaban J connectivity index is 1.70. The lowest BCUT2D eigenvalue weighted by atomic mass is 9.87. The van der Waals surface area contributed by atoms with Crippen LogP contribution in [0.4, 0.5) is 0 Å². The second-order valence-corrected chi connectivity index (χ2v) is 9.18. The Labute approximate surface area is 194 Å². The third kappa shape index (κ3) is 4.52. The van der Waals surface area contributed by atoms with Gasteiger partial charge in [0, 0.05) is 19.1 Å². The van der Waals surface area contributed by atoms with Crippen LogP contribution < -0.4 is 14.8 Å². The van der Waals surface area contributed by atoms with Crippen LogP contribution in [0.15, 0.2) is 53.9 Å². The number of methoxy groups -OCH3 is 2. The van der Waals surface area contributed by atoms with Crippen molar-refractivity contribution in [1.82, 2.24) is 10.2 Å². The zero-order valence-electron chi connectivity index (χ0n) is 19.1. The van der Waals surface area contributed by atoms with Gasteiger partial charge in [0.2, 0.25) is 0 Å². The molecule has 4 rings (SSSR count). The molecule has 1 aliphatic rings. The van der Waals surface area contributed by atoms with Crippen molar-refractivity contribution in [3.63, 3.8) is 0 Å². The van der Waals surface area contributed by atoms with E-state index in [2.05, 4.69) is 60.5 Å². The van der Waals surface area contributed by atoms with Crippen molar-refractivity contribution in [2.75, 3.05) is 20.8 Å². The van der Waals surface area contributed by atoms with Gasteiger partial charge in [-0.15, -0.1) is 11.3 Å². The van der Waals surface area contributed by atoms with E-state index in [1.165, 1.54) is 33.6 Å². The zero-order chi connectivity index (χ0) is 22.7. The smallest absolute Gasteiger partial charge is 0.261 e. The van der Waals surface area contributed by atoms with Crippen molar-refractivity contribution in [2.24, 2.45) is 0 Å². The first-order chi connectivity index (χ1) is 15.5. The lowest BCUT2D eigenvalue weighted by molar-refractivity contribution is 0.0881. The fourth-order valence-corrected chi connectivity index (χ4v) is 5.19. The van der Waals surface area contributed by atoms with E-state index in [0.29, 0.717) is 5.75 Å². The number of hydrogen-bond acceptors (Lipinski definition) is 5. The maximum Gasteiger partial charge on any atom is 0.261 e. The van der Waals surface area contributed by atoms with Gasteiger partial charge in [0.15, 0.2) is 11.5 Å². The van der Waals surface area contributed by atoms with Crippen LogP contribution in [0, 0.1) is 6.92 Å². The molecule has 0 fully saturated rings. The number of ether oxygens (including phenoxy) is 2. The summed E-state index contributed by atoms with van der Waals surface area (Å²) in [5.41, 5.74) is 5.00. The minimum absolute atomic E-state index is 0.0158. The predicted octanol–water partition coefficient (Wildman–Crippen LogP) is 4.99. The third-order valence-corrected chi connectivity index (χ3v) is 7.11. The van der Waals surface area contributed by atoms with Crippen LogP contribution in [0.3, 0.4) is 0 Å². The molecule has 0 saturated carbocycles. The Morgan fingerprint density at radius 3 is 2.59 bits per heavy atom. The second kappa shape index (κ2) is 9.76. The topological polar surface area (TPSA) is 50.8 Å². The molecule has 32 heavy (non-hydrogen) atoms. The van der Waals surface area contributed by atoms with Crippen LogP contribution in [0.5, 0.6) is 11.5 Å². The van der Waals surface area contributed by atoms with Crippen LogP contribution in [0.25, 0.3) is 0 Å². The maximum absolute atomic E-state index is 12.8. The SMILES string of the molecule is COc1cc2c(cc1OC)C(C(C)NC(=O)c1cccs1)N(Cc1ccccc1C)CC2. The van der Waals surface area contributed by atoms with E-state index in [9.17, 15) is 4.79 Å². The number of aryl methyl sites for hydroxylation is 1. The highest BCUT2D eigenvalue weighted by atomic mass is 32.1. The van der Waals surface area contributed by atoms with Crippen LogP contribution in [-0.4, -0.2) is 37.6 Å². The number of nitrogens with one attached hydrogen (secondary N) is 1. The number of thiophene rings is 1. The molecule has 0 saturated heterocycles. The van der Waals surface area contributed by atoms with Crippen molar-refractivity contribution in [1.29, 1.82) is 0 Å². The summed E-state index contributed by atoms with van der Waals surface area (Å²) in [5.74, 6) is 1.43. The lowest BCUT2D eigenvalue weighted by Gasteiger charge is -2.41. The van der Waals surface area contributed by atoms with Gasteiger partial charge in [0.1, 0.15) is 0 Å². The van der Waals surface area contributed by atoms with E-state index >= 15 is 0 Å². The van der Waals surface area contributed by atoms with Crippen molar-refractivity contribution >= 4 is 17.2 Å². The van der Waals surface area contributed by atoms with E-state index in [4.69, 9.17) is 9.47 Å². The summed E-state index contributed by atoms with van der Waals surface area (Å²) in [7, 11) is 3.33. The van der Waals surface area contributed by atoms with E-state index in [-0.39, 0.29) is 18.0 Å². The van der Waals surface area contributed by atoms with E-state index < -0.39 is 0 Å². The van der Waals surface area contributed by atoms with Crippen LogP contribution >= 0.6 is 11.3 Å². The number of amides is 1. The van der Waals surface area contributed by atoms with E-state index in [0.717, 1.165) is 30.1 Å². The van der Waals surface area contributed by atoms with Gasteiger partial charge in [0.25, 0.3) is 5.91 Å². The Hall–Kier alpha value is -2.83. The molecule has 0 bridgehead atoms. The second-order valence-electron chi connectivity index (χ2n) is 8.24. The Bertz CT molecular complexity index is 1080. The molecule has 2 heterocycles. The Kier molecular flexibility index (Phi) is 6.82. The standard InChI is InChI=1S/C26H30N2O3S/c1-17-8-5-6-9-20(17)16-28-12-11-19-14-22(30-3)23(31-4)15-21(19)25(28)18(2)27-26(29)24-10-7-13-32-24/h5-10,13-15,18,25H,11-12,16H2,1-4H3,(H,27,29). The number of rotatable bonds is 7. The highest BCUT2D eigenvalue weighted by Gasteiger charge is 2.34. The number of benzene rings is 2. The van der Waals surface area contributed by atoms with Gasteiger partial charge in [-0.2, -0.15) is 0 Å². The molecule has 2 unspecified atom stereocenters. The predicted molar refractivity (Wildman–Crippen MR) is 129 cm³/mol. The normalized spacial score (nSPS) is 16.8. The first kappa shape index (κ1) is 22.4. The van der Waals surface area contributed by atoms with Gasteiger partial charge >= 0.3 is 0 Å². The van der Waals surface area contributed by atoms with E-state index in [1.807, 2.05) is 17.5 Å². The molecule has 1 aliphatic heterocycles. The quantitative estimate of drug-likeness (QED) is 0.551. The van der Waals surface area contributed by atoms with Crippen LogP contribution in [0.1, 0.15) is 44.9 Å². The van der Waals surface area contributed by atoms with Crippen LogP contribution in [0.2, 0.25) is 0 Å². The van der Waals surface area contributed by atoms with Gasteiger partial charge in [-0.05, 0) is 66.1 Å². The van der Waals surface area contributed by atoms with Gasteiger partial charge in [-0.1, -0.05) is 30.3 Å². The van der Waals surface area contributed by atoms with Crippen molar-refractivity contribution in [3.8, 4) is 11.5 Å². The van der Waals surface area contributed by atoms with Gasteiger partial charge in [0.05, 0.1) is 25.1 Å². The summed E-state index contributed by atoms with van der Waals surface area (Å²) in [6, 6.07) is 16.4.